The minimum absolute atomic E-state index is 0.507. The fourth-order valence-electron chi connectivity index (χ4n) is 2.85. The van der Waals surface area contributed by atoms with Crippen molar-refractivity contribution in [3.8, 4) is 0 Å². The molecule has 4 unspecified atom stereocenters. The molecule has 0 spiro atoms. The van der Waals surface area contributed by atoms with E-state index in [1.165, 1.54) is 12.8 Å². The van der Waals surface area contributed by atoms with Crippen LogP contribution in [0.15, 0.2) is 0 Å². The molecule has 0 aromatic carbocycles. The predicted octanol–water partition coefficient (Wildman–Crippen LogP) is 4.99. The minimum Gasteiger partial charge on any atom is -0.0651 e. The quantitative estimate of drug-likeness (QED) is 0.600. The van der Waals surface area contributed by atoms with Crippen LogP contribution in [0, 0.1) is 35.0 Å². The van der Waals surface area contributed by atoms with Crippen LogP contribution in [0.4, 0.5) is 0 Å². The first-order valence-electron chi connectivity index (χ1n) is 6.82. The van der Waals surface area contributed by atoms with E-state index in [1.54, 1.807) is 0 Å². The van der Waals surface area contributed by atoms with Gasteiger partial charge in [-0.1, -0.05) is 54.9 Å². The second kappa shape index (κ2) is 4.47. The molecule has 0 N–H and O–H groups in total. The normalized spacial score (nSPS) is 30.4. The zero-order valence-corrected chi connectivity index (χ0v) is 11.8. The van der Waals surface area contributed by atoms with Gasteiger partial charge in [0.25, 0.3) is 0 Å². The number of hydrogen-bond donors (Lipinski definition) is 0. The van der Waals surface area contributed by atoms with Crippen LogP contribution in [0.3, 0.4) is 0 Å². The molecule has 4 atom stereocenters. The Morgan fingerprint density at radius 3 is 2.00 bits per heavy atom. The third kappa shape index (κ3) is 2.57. The molecular formula is C15H30. The van der Waals surface area contributed by atoms with Crippen molar-refractivity contribution < 1.29 is 0 Å². The monoisotopic (exact) mass is 210 g/mol. The molecule has 0 bridgehead atoms. The average molecular weight is 210 g/mol. The van der Waals surface area contributed by atoms with Crippen molar-refractivity contribution in [3.63, 3.8) is 0 Å². The highest BCUT2D eigenvalue weighted by Gasteiger charge is 2.48. The fraction of sp³-hybridized carbons (Fsp3) is 1.00. The average Bonchev–Trinajstić information content (AvgIpc) is 2.94. The van der Waals surface area contributed by atoms with E-state index in [-0.39, 0.29) is 0 Å². The maximum Gasteiger partial charge on any atom is -0.0303 e. The second-order valence-electron chi connectivity index (χ2n) is 6.71. The van der Waals surface area contributed by atoms with Crippen molar-refractivity contribution in [3.05, 3.63) is 0 Å². The Morgan fingerprint density at radius 2 is 1.60 bits per heavy atom. The van der Waals surface area contributed by atoms with E-state index in [2.05, 4.69) is 48.5 Å². The topological polar surface area (TPSA) is 0 Å². The molecule has 0 nitrogen and oxygen atoms in total. The van der Waals surface area contributed by atoms with Gasteiger partial charge < -0.3 is 0 Å². The molecule has 0 heterocycles. The largest absolute Gasteiger partial charge is 0.0651 e. The summed E-state index contributed by atoms with van der Waals surface area (Å²) in [5, 5.41) is 0. The molecule has 0 saturated heterocycles. The van der Waals surface area contributed by atoms with Gasteiger partial charge in [-0.05, 0) is 41.4 Å². The Morgan fingerprint density at radius 1 is 1.07 bits per heavy atom. The van der Waals surface area contributed by atoms with Gasteiger partial charge in [0, 0.05) is 0 Å². The first-order valence-corrected chi connectivity index (χ1v) is 6.82. The molecular weight excluding hydrogens is 180 g/mol. The summed E-state index contributed by atoms with van der Waals surface area (Å²) in [6.07, 6.45) is 2.85. The van der Waals surface area contributed by atoms with Crippen LogP contribution in [0.25, 0.3) is 0 Å². The molecule has 0 aliphatic heterocycles. The molecule has 0 aromatic rings. The van der Waals surface area contributed by atoms with Gasteiger partial charge in [-0.25, -0.2) is 0 Å². The summed E-state index contributed by atoms with van der Waals surface area (Å²) < 4.78 is 0. The van der Waals surface area contributed by atoms with Gasteiger partial charge in [0.15, 0.2) is 0 Å². The van der Waals surface area contributed by atoms with E-state index in [0.29, 0.717) is 5.41 Å². The van der Waals surface area contributed by atoms with Crippen molar-refractivity contribution >= 4 is 0 Å². The van der Waals surface area contributed by atoms with Crippen molar-refractivity contribution in [1.29, 1.82) is 0 Å². The molecule has 1 aliphatic rings. The summed E-state index contributed by atoms with van der Waals surface area (Å²) in [5.41, 5.74) is 0.507. The SMILES string of the molecule is CCC(C)C1CC1C(C)C(C)(C)C(C)C. The Labute approximate surface area is 96.8 Å². The van der Waals surface area contributed by atoms with Gasteiger partial charge in [-0.3, -0.25) is 0 Å². The molecule has 1 saturated carbocycles. The Bertz CT molecular complexity index is 202. The lowest BCUT2D eigenvalue weighted by atomic mass is 9.69. The Balaban J connectivity index is 2.54. The van der Waals surface area contributed by atoms with E-state index >= 15 is 0 Å². The third-order valence-electron chi connectivity index (χ3n) is 5.57. The van der Waals surface area contributed by atoms with E-state index in [1.807, 2.05) is 0 Å². The van der Waals surface area contributed by atoms with Gasteiger partial charge in [0.05, 0.1) is 0 Å². The number of hydrogen-bond acceptors (Lipinski definition) is 0. The Kier molecular flexibility index (Phi) is 3.90. The van der Waals surface area contributed by atoms with Crippen LogP contribution in [0.2, 0.25) is 0 Å². The van der Waals surface area contributed by atoms with Gasteiger partial charge in [-0.15, -0.1) is 0 Å². The van der Waals surface area contributed by atoms with Gasteiger partial charge in [0.2, 0.25) is 0 Å². The van der Waals surface area contributed by atoms with Crippen LogP contribution in [0.1, 0.15) is 61.3 Å². The van der Waals surface area contributed by atoms with Crippen LogP contribution >= 0.6 is 0 Å². The maximum absolute atomic E-state index is 2.48. The van der Waals surface area contributed by atoms with Crippen LogP contribution < -0.4 is 0 Å². The molecule has 1 aliphatic carbocycles. The summed E-state index contributed by atoms with van der Waals surface area (Å²) >= 11 is 0. The summed E-state index contributed by atoms with van der Waals surface area (Å²) in [5.74, 6) is 4.67. The molecule has 1 fully saturated rings. The predicted molar refractivity (Wildman–Crippen MR) is 68.8 cm³/mol. The van der Waals surface area contributed by atoms with Crippen LogP contribution in [-0.2, 0) is 0 Å². The lowest BCUT2D eigenvalue weighted by molar-refractivity contribution is 0.124. The third-order valence-corrected chi connectivity index (χ3v) is 5.57. The zero-order valence-electron chi connectivity index (χ0n) is 11.8. The molecule has 1 rings (SSSR count). The minimum atomic E-state index is 0.507. The van der Waals surface area contributed by atoms with Crippen molar-refractivity contribution in [2.45, 2.75) is 61.3 Å². The first kappa shape index (κ1) is 13.1. The molecule has 0 amide bonds. The lowest BCUT2D eigenvalue weighted by Crippen LogP contribution is -2.29. The van der Waals surface area contributed by atoms with Crippen LogP contribution in [-0.4, -0.2) is 0 Å². The van der Waals surface area contributed by atoms with Crippen molar-refractivity contribution in [1.82, 2.24) is 0 Å². The van der Waals surface area contributed by atoms with Gasteiger partial charge in [-0.2, -0.15) is 0 Å². The first-order chi connectivity index (χ1) is 6.82. The Hall–Kier alpha value is 0. The maximum atomic E-state index is 2.48. The second-order valence-corrected chi connectivity index (χ2v) is 6.71. The highest BCUT2D eigenvalue weighted by atomic mass is 14.5. The molecule has 0 aromatic heterocycles. The summed E-state index contributed by atoms with van der Waals surface area (Å²) in [6.45, 7) is 16.9. The molecule has 90 valence electrons. The lowest BCUT2D eigenvalue weighted by Gasteiger charge is -2.36. The summed E-state index contributed by atoms with van der Waals surface area (Å²) in [6, 6.07) is 0. The van der Waals surface area contributed by atoms with Gasteiger partial charge >= 0.3 is 0 Å². The smallest absolute Gasteiger partial charge is 0.0303 e. The van der Waals surface area contributed by atoms with E-state index in [9.17, 15) is 0 Å². The fourth-order valence-corrected chi connectivity index (χ4v) is 2.85. The van der Waals surface area contributed by atoms with Crippen molar-refractivity contribution in [2.24, 2.45) is 35.0 Å². The van der Waals surface area contributed by atoms with Crippen molar-refractivity contribution in [2.75, 3.05) is 0 Å². The summed E-state index contributed by atoms with van der Waals surface area (Å²) in [7, 11) is 0. The van der Waals surface area contributed by atoms with Gasteiger partial charge in [0.1, 0.15) is 0 Å². The van der Waals surface area contributed by atoms with Crippen LogP contribution in [0.5, 0.6) is 0 Å². The number of rotatable bonds is 5. The zero-order chi connectivity index (χ0) is 11.8. The summed E-state index contributed by atoms with van der Waals surface area (Å²) in [4.78, 5) is 0. The van der Waals surface area contributed by atoms with E-state index in [0.717, 1.165) is 29.6 Å². The molecule has 0 heteroatoms. The van der Waals surface area contributed by atoms with E-state index in [4.69, 9.17) is 0 Å². The highest BCUT2D eigenvalue weighted by Crippen LogP contribution is 2.55. The molecule has 0 radical (unpaired) electrons. The highest BCUT2D eigenvalue weighted by molar-refractivity contribution is 4.97. The molecule has 15 heavy (non-hydrogen) atoms. The standard InChI is InChI=1S/C15H30/c1-8-11(4)13-9-14(13)12(5)15(6,7)10(2)3/h10-14H,8-9H2,1-7H3. The van der Waals surface area contributed by atoms with E-state index < -0.39 is 0 Å².